The van der Waals surface area contributed by atoms with E-state index in [0.29, 0.717) is 30.7 Å². The monoisotopic (exact) mass is 280 g/mol. The van der Waals surface area contributed by atoms with Gasteiger partial charge in [-0.2, -0.15) is 0 Å². The molecule has 0 aliphatic carbocycles. The van der Waals surface area contributed by atoms with Crippen molar-refractivity contribution >= 4 is 11.7 Å². The third-order valence-electron chi connectivity index (χ3n) is 2.94. The Hall–Kier alpha value is -2.08. The van der Waals surface area contributed by atoms with E-state index in [1.165, 1.54) is 18.2 Å². The number of aliphatic carboxylic acids is 1. The molecular weight excluding hydrogens is 260 g/mol. The molecule has 110 valence electrons. The molecule has 0 aliphatic rings. The number of nitrogens with two attached hydrogens (primary N) is 1. The van der Waals surface area contributed by atoms with Crippen LogP contribution in [0.15, 0.2) is 23.2 Å². The Morgan fingerprint density at radius 1 is 1.35 bits per heavy atom. The number of benzene rings is 1. The maximum Gasteiger partial charge on any atom is 0.328 e. The molecule has 6 nitrogen and oxygen atoms in total. The van der Waals surface area contributed by atoms with Gasteiger partial charge in [-0.15, -0.1) is 0 Å². The molecule has 1 rings (SSSR count). The Morgan fingerprint density at radius 3 is 2.65 bits per heavy atom. The predicted molar refractivity (Wildman–Crippen MR) is 76.3 cm³/mol. The van der Waals surface area contributed by atoms with Crippen LogP contribution in [0.3, 0.4) is 0 Å². The van der Waals surface area contributed by atoms with Crippen LogP contribution in [0.5, 0.6) is 11.5 Å². The maximum absolute atomic E-state index is 11.2. The van der Waals surface area contributed by atoms with Crippen molar-refractivity contribution in [3.05, 3.63) is 23.8 Å². The number of rotatable bonds is 7. The lowest BCUT2D eigenvalue weighted by molar-refractivity contribution is -0.138. The van der Waals surface area contributed by atoms with Gasteiger partial charge in [0.1, 0.15) is 17.5 Å². The Bertz CT molecular complexity index is 500. The zero-order chi connectivity index (χ0) is 15.1. The first kappa shape index (κ1) is 16.0. The number of carbonyl (C=O) groups is 1. The lowest BCUT2D eigenvalue weighted by atomic mass is 10.1. The Kier molecular flexibility index (Phi) is 5.99. The molecule has 1 unspecified atom stereocenters. The smallest absolute Gasteiger partial charge is 0.328 e. The number of aliphatic imine (C=N–C) groups is 1. The first-order valence-electron chi connectivity index (χ1n) is 6.45. The van der Waals surface area contributed by atoms with Crippen molar-refractivity contribution in [2.45, 2.75) is 32.2 Å². The van der Waals surface area contributed by atoms with Crippen molar-refractivity contribution in [1.29, 1.82) is 0 Å². The number of hydrogen-bond acceptors (Lipinski definition) is 5. The second-order valence-corrected chi connectivity index (χ2v) is 4.55. The second kappa shape index (κ2) is 7.49. The minimum atomic E-state index is -1.01. The lowest BCUT2D eigenvalue weighted by Crippen LogP contribution is -2.20. The zero-order valence-electron chi connectivity index (χ0n) is 11.4. The van der Waals surface area contributed by atoms with Crippen LogP contribution in [0.4, 0.5) is 0 Å². The van der Waals surface area contributed by atoms with Crippen molar-refractivity contribution in [2.75, 3.05) is 6.54 Å². The molecule has 0 radical (unpaired) electrons. The molecule has 0 heterocycles. The molecule has 1 aromatic carbocycles. The minimum absolute atomic E-state index is 0.0117. The van der Waals surface area contributed by atoms with E-state index < -0.39 is 12.0 Å². The van der Waals surface area contributed by atoms with Crippen molar-refractivity contribution < 1.29 is 20.1 Å². The third kappa shape index (κ3) is 4.55. The van der Waals surface area contributed by atoms with Gasteiger partial charge in [0, 0.05) is 11.3 Å². The van der Waals surface area contributed by atoms with Gasteiger partial charge in [-0.3, -0.25) is 4.99 Å². The van der Waals surface area contributed by atoms with Crippen LogP contribution in [-0.2, 0) is 4.79 Å². The van der Waals surface area contributed by atoms with E-state index in [9.17, 15) is 15.0 Å². The largest absolute Gasteiger partial charge is 0.508 e. The molecule has 1 atom stereocenters. The normalized spacial score (nSPS) is 13.2. The van der Waals surface area contributed by atoms with Crippen LogP contribution < -0.4 is 5.73 Å². The third-order valence-corrected chi connectivity index (χ3v) is 2.94. The van der Waals surface area contributed by atoms with Crippen LogP contribution in [0.1, 0.15) is 31.7 Å². The fraction of sp³-hybridized carbons (Fsp3) is 0.429. The number of unbranched alkanes of at least 4 members (excludes halogenated alkanes) is 1. The molecule has 1 aromatic rings. The Balaban J connectivity index is 2.92. The molecule has 0 bridgehead atoms. The standard InChI is InChI=1S/C14H20N2O4/c1-9(11-8-10(17)5-6-13(11)18)16-12(14(19)20)4-2-3-7-15/h5-6,8,12,17-18H,2-4,7,15H2,1H3,(H,19,20). The Morgan fingerprint density at radius 2 is 2.05 bits per heavy atom. The summed E-state index contributed by atoms with van der Waals surface area (Å²) in [5, 5.41) is 28.3. The highest BCUT2D eigenvalue weighted by molar-refractivity contribution is 6.02. The van der Waals surface area contributed by atoms with Crippen molar-refractivity contribution in [1.82, 2.24) is 0 Å². The van der Waals surface area contributed by atoms with Crippen LogP contribution in [0.25, 0.3) is 0 Å². The van der Waals surface area contributed by atoms with Crippen LogP contribution in [0.2, 0.25) is 0 Å². The fourth-order valence-electron chi connectivity index (χ4n) is 1.84. The molecular formula is C14H20N2O4. The summed E-state index contributed by atoms with van der Waals surface area (Å²) < 4.78 is 0. The zero-order valence-corrected chi connectivity index (χ0v) is 11.4. The number of carboxylic acids is 1. The van der Waals surface area contributed by atoms with Crippen LogP contribution in [0, 0.1) is 0 Å². The maximum atomic E-state index is 11.2. The SMILES string of the molecule is CC(=NC(CCCCN)C(=O)O)c1cc(O)ccc1O. The Labute approximate surface area is 117 Å². The summed E-state index contributed by atoms with van der Waals surface area (Å²) in [6.07, 6.45) is 1.81. The molecule has 6 heteroatoms. The van der Waals surface area contributed by atoms with E-state index in [-0.39, 0.29) is 11.5 Å². The van der Waals surface area contributed by atoms with Gasteiger partial charge >= 0.3 is 5.97 Å². The van der Waals surface area contributed by atoms with E-state index in [0.717, 1.165) is 6.42 Å². The first-order chi connectivity index (χ1) is 9.45. The fourth-order valence-corrected chi connectivity index (χ4v) is 1.84. The van der Waals surface area contributed by atoms with E-state index in [2.05, 4.69) is 4.99 Å². The summed E-state index contributed by atoms with van der Waals surface area (Å²) in [6, 6.07) is 3.17. The highest BCUT2D eigenvalue weighted by Gasteiger charge is 2.17. The molecule has 0 fully saturated rings. The molecule has 0 saturated carbocycles. The highest BCUT2D eigenvalue weighted by Crippen LogP contribution is 2.23. The summed E-state index contributed by atoms with van der Waals surface area (Å²) in [7, 11) is 0. The molecule has 20 heavy (non-hydrogen) atoms. The topological polar surface area (TPSA) is 116 Å². The van der Waals surface area contributed by atoms with E-state index >= 15 is 0 Å². The molecule has 0 saturated heterocycles. The summed E-state index contributed by atoms with van der Waals surface area (Å²) >= 11 is 0. The lowest BCUT2D eigenvalue weighted by Gasteiger charge is -2.10. The second-order valence-electron chi connectivity index (χ2n) is 4.55. The molecule has 0 amide bonds. The van der Waals surface area contributed by atoms with Gasteiger partial charge in [-0.05, 0) is 50.9 Å². The first-order valence-corrected chi connectivity index (χ1v) is 6.45. The molecule has 0 spiro atoms. The van der Waals surface area contributed by atoms with Gasteiger partial charge in [0.05, 0.1) is 0 Å². The summed E-state index contributed by atoms with van der Waals surface area (Å²) in [5.74, 6) is -1.07. The number of hydrogen-bond donors (Lipinski definition) is 4. The number of carboxylic acid groups (broad SMARTS) is 1. The van der Waals surface area contributed by atoms with E-state index in [4.69, 9.17) is 10.8 Å². The van der Waals surface area contributed by atoms with Gasteiger partial charge in [-0.25, -0.2) is 4.79 Å². The number of aromatic hydroxyl groups is 2. The molecule has 0 aliphatic heterocycles. The van der Waals surface area contributed by atoms with Crippen LogP contribution in [-0.4, -0.2) is 39.6 Å². The number of phenols is 2. The predicted octanol–water partition coefficient (Wildman–Crippen LogP) is 1.49. The number of phenolic OH excluding ortho intramolecular Hbond substituents is 2. The summed E-state index contributed by atoms with van der Waals surface area (Å²) in [6.45, 7) is 2.12. The van der Waals surface area contributed by atoms with Crippen molar-refractivity contribution in [2.24, 2.45) is 10.7 Å². The van der Waals surface area contributed by atoms with Gasteiger partial charge < -0.3 is 21.1 Å². The van der Waals surface area contributed by atoms with Gasteiger partial charge in [0.2, 0.25) is 0 Å². The van der Waals surface area contributed by atoms with Crippen molar-refractivity contribution in [3.63, 3.8) is 0 Å². The van der Waals surface area contributed by atoms with E-state index in [1.54, 1.807) is 6.92 Å². The van der Waals surface area contributed by atoms with Gasteiger partial charge in [-0.1, -0.05) is 0 Å². The molecule has 5 N–H and O–H groups in total. The van der Waals surface area contributed by atoms with E-state index in [1.807, 2.05) is 0 Å². The minimum Gasteiger partial charge on any atom is -0.508 e. The quantitative estimate of drug-likeness (QED) is 0.343. The highest BCUT2D eigenvalue weighted by atomic mass is 16.4. The molecule has 0 aromatic heterocycles. The average molecular weight is 280 g/mol. The summed E-state index contributed by atoms with van der Waals surface area (Å²) in [5.41, 5.74) is 6.08. The van der Waals surface area contributed by atoms with Crippen LogP contribution >= 0.6 is 0 Å². The van der Waals surface area contributed by atoms with Gasteiger partial charge in [0.25, 0.3) is 0 Å². The average Bonchev–Trinajstić information content (AvgIpc) is 2.40. The number of nitrogens with zero attached hydrogens (tertiary/aromatic N) is 1. The summed E-state index contributed by atoms with van der Waals surface area (Å²) in [4.78, 5) is 15.3. The van der Waals surface area contributed by atoms with Gasteiger partial charge in [0.15, 0.2) is 0 Å². The van der Waals surface area contributed by atoms with Crippen molar-refractivity contribution in [3.8, 4) is 11.5 Å².